The maximum Gasteiger partial charge on any atom is 0.482 e. The van der Waals surface area contributed by atoms with Gasteiger partial charge in [0.15, 0.2) is 5.12 Å². The molecule has 2 amide bonds. The highest BCUT2D eigenvalue weighted by molar-refractivity contribution is 8.13. The van der Waals surface area contributed by atoms with Crippen LogP contribution in [0.25, 0.3) is 0 Å². The van der Waals surface area contributed by atoms with Crippen LogP contribution in [-0.4, -0.2) is 47.3 Å². The summed E-state index contributed by atoms with van der Waals surface area (Å²) in [6, 6.07) is 0. The first kappa shape index (κ1) is 35.2. The number of carbonyl (C=O) groups excluding carboxylic acids is 3. The van der Waals surface area contributed by atoms with Gasteiger partial charge in [0, 0.05) is 37.1 Å². The minimum Gasteiger partial charge on any atom is -0.355 e. The Morgan fingerprint density at radius 3 is 2.19 bits per heavy atom. The molecule has 0 aliphatic heterocycles. The van der Waals surface area contributed by atoms with E-state index in [0.717, 1.165) is 12.8 Å². The van der Waals surface area contributed by atoms with E-state index >= 15 is 0 Å². The molecular weight excluding hydrogens is 526 g/mol. The van der Waals surface area contributed by atoms with E-state index < -0.39 is 27.8 Å². The monoisotopic (exact) mass is 569 g/mol. The van der Waals surface area contributed by atoms with E-state index in [2.05, 4.69) is 26.4 Å². The lowest BCUT2D eigenvalue weighted by molar-refractivity contribution is -0.121. The van der Waals surface area contributed by atoms with Crippen LogP contribution in [0.3, 0.4) is 0 Å². The van der Waals surface area contributed by atoms with Crippen LogP contribution in [0, 0.1) is 11.8 Å². The van der Waals surface area contributed by atoms with Gasteiger partial charge in [0.25, 0.3) is 0 Å². The normalized spacial score (nSPS) is 13.3. The molecular formula is C23H43N2O8P2S. The van der Waals surface area contributed by atoms with Gasteiger partial charge >= 0.3 is 16.5 Å². The Balaban J connectivity index is 3.77. The molecule has 0 aliphatic rings. The second kappa shape index (κ2) is 21.1. The lowest BCUT2D eigenvalue weighted by Crippen LogP contribution is -2.35. The number of hydrogen-bond donors (Lipinski definition) is 3. The Kier molecular flexibility index (Phi) is 20.7. The van der Waals surface area contributed by atoms with Gasteiger partial charge in [0.2, 0.25) is 11.8 Å². The number of amides is 2. The number of thioether (sulfide) groups is 1. The minimum absolute atomic E-state index is 0.0792. The SMILES string of the molecule is CCCCCCCCCCCC(=O)SCCNC(=O)CCNC(=O)[CH]C(C)(C)COP(=O)(O)OP=O. The van der Waals surface area contributed by atoms with Crippen LogP contribution in [0.5, 0.6) is 0 Å². The van der Waals surface area contributed by atoms with Gasteiger partial charge in [-0.3, -0.25) is 18.9 Å². The molecule has 0 saturated heterocycles. The van der Waals surface area contributed by atoms with Gasteiger partial charge in [-0.2, -0.15) is 4.31 Å². The molecule has 0 aromatic carbocycles. The minimum atomic E-state index is -4.45. The molecule has 0 aromatic heterocycles. The predicted octanol–water partition coefficient (Wildman–Crippen LogP) is 5.36. The van der Waals surface area contributed by atoms with Gasteiger partial charge in [-0.15, -0.1) is 0 Å². The Morgan fingerprint density at radius 1 is 0.972 bits per heavy atom. The first-order valence-electron chi connectivity index (χ1n) is 12.6. The highest BCUT2D eigenvalue weighted by Gasteiger charge is 2.29. The summed E-state index contributed by atoms with van der Waals surface area (Å²) < 4.78 is 30.4. The third-order valence-corrected chi connectivity index (χ3v) is 7.56. The van der Waals surface area contributed by atoms with E-state index in [1.807, 2.05) is 0 Å². The Bertz CT molecular complexity index is 710. The van der Waals surface area contributed by atoms with E-state index in [-0.39, 0.29) is 30.6 Å². The van der Waals surface area contributed by atoms with Gasteiger partial charge in [-0.05, 0) is 6.42 Å². The molecule has 0 aromatic rings. The van der Waals surface area contributed by atoms with Crippen LogP contribution in [0.2, 0.25) is 0 Å². The fourth-order valence-electron chi connectivity index (χ4n) is 3.16. The largest absolute Gasteiger partial charge is 0.482 e. The Morgan fingerprint density at radius 2 is 1.58 bits per heavy atom. The molecule has 0 aliphatic carbocycles. The second-order valence-corrected chi connectivity index (χ2v) is 12.4. The zero-order valence-corrected chi connectivity index (χ0v) is 24.4. The molecule has 1 unspecified atom stereocenters. The van der Waals surface area contributed by atoms with Gasteiger partial charge in [-0.25, -0.2) is 9.13 Å². The predicted molar refractivity (Wildman–Crippen MR) is 142 cm³/mol. The molecule has 0 rings (SSSR count). The first-order chi connectivity index (χ1) is 17.0. The maximum atomic E-state index is 12.0. The third kappa shape index (κ3) is 22.4. The second-order valence-electron chi connectivity index (χ2n) is 9.22. The van der Waals surface area contributed by atoms with Crippen LogP contribution in [0.4, 0.5) is 0 Å². The van der Waals surface area contributed by atoms with Gasteiger partial charge in [0.1, 0.15) is 0 Å². The number of rotatable bonds is 23. The quantitative estimate of drug-likeness (QED) is 0.109. The number of unbranched alkanes of at least 4 members (excludes halogenated alkanes) is 8. The van der Waals surface area contributed by atoms with Gasteiger partial charge in [-0.1, -0.05) is 83.9 Å². The summed E-state index contributed by atoms with van der Waals surface area (Å²) in [6.07, 6.45) is 12.8. The van der Waals surface area contributed by atoms with Gasteiger partial charge < -0.3 is 15.5 Å². The van der Waals surface area contributed by atoms with Crippen molar-refractivity contribution in [2.24, 2.45) is 5.41 Å². The summed E-state index contributed by atoms with van der Waals surface area (Å²) in [7, 11) is -5.44. The maximum absolute atomic E-state index is 12.0. The van der Waals surface area contributed by atoms with Crippen molar-refractivity contribution in [2.45, 2.75) is 91.4 Å². The van der Waals surface area contributed by atoms with E-state index in [9.17, 15) is 28.4 Å². The number of carbonyl (C=O) groups is 3. The Labute approximate surface area is 221 Å². The molecule has 0 saturated carbocycles. The molecule has 0 bridgehead atoms. The Hall–Kier alpha value is -0.830. The van der Waals surface area contributed by atoms with E-state index in [1.54, 1.807) is 13.8 Å². The van der Waals surface area contributed by atoms with Crippen molar-refractivity contribution in [2.75, 3.05) is 25.4 Å². The molecule has 0 fully saturated rings. The van der Waals surface area contributed by atoms with Crippen molar-refractivity contribution in [1.29, 1.82) is 0 Å². The zero-order valence-electron chi connectivity index (χ0n) is 21.8. The average molecular weight is 570 g/mol. The van der Waals surface area contributed by atoms with Crippen LogP contribution >= 0.6 is 28.3 Å². The molecule has 36 heavy (non-hydrogen) atoms. The summed E-state index contributed by atoms with van der Waals surface area (Å²) in [5.74, 6) is -0.189. The molecule has 209 valence electrons. The van der Waals surface area contributed by atoms with Crippen LogP contribution in [0.15, 0.2) is 0 Å². The van der Waals surface area contributed by atoms with Crippen LogP contribution in [-0.2, 0) is 32.3 Å². The summed E-state index contributed by atoms with van der Waals surface area (Å²) in [5.41, 5.74) is -0.911. The summed E-state index contributed by atoms with van der Waals surface area (Å²) in [4.78, 5) is 45.1. The summed E-state index contributed by atoms with van der Waals surface area (Å²) in [6.45, 7) is 5.58. The van der Waals surface area contributed by atoms with Gasteiger partial charge in [0.05, 0.1) is 13.0 Å². The summed E-state index contributed by atoms with van der Waals surface area (Å²) in [5, 5.41) is 5.44. The van der Waals surface area contributed by atoms with Crippen LogP contribution < -0.4 is 10.6 Å². The van der Waals surface area contributed by atoms with Crippen molar-refractivity contribution in [1.82, 2.24) is 10.6 Å². The molecule has 1 atom stereocenters. The highest BCUT2D eigenvalue weighted by Crippen LogP contribution is 2.48. The molecule has 10 nitrogen and oxygen atoms in total. The van der Waals surface area contributed by atoms with Crippen LogP contribution in [0.1, 0.15) is 91.4 Å². The van der Waals surface area contributed by atoms with Crippen molar-refractivity contribution < 1.29 is 37.2 Å². The molecule has 0 heterocycles. The van der Waals surface area contributed by atoms with E-state index in [4.69, 9.17) is 0 Å². The molecule has 1 radical (unpaired) electrons. The number of phosphoric ester groups is 1. The lowest BCUT2D eigenvalue weighted by Gasteiger charge is -2.23. The fourth-order valence-corrected chi connectivity index (χ4v) is 4.90. The van der Waals surface area contributed by atoms with Crippen molar-refractivity contribution in [3.8, 4) is 0 Å². The molecule has 3 N–H and O–H groups in total. The number of nitrogens with one attached hydrogen (secondary N) is 2. The van der Waals surface area contributed by atoms with E-state index in [0.29, 0.717) is 18.7 Å². The molecule has 0 spiro atoms. The standard InChI is InChI=1S/C23H43N2O8P2S/c1-4-5-6-7-8-9-10-11-12-13-22(28)36-17-16-25-20(26)14-15-24-21(27)18-23(2,3)19-32-35(30,31)33-34-29/h18H,4-17,19H2,1-3H3,(H,24,27)(H,25,26)(H,30,31). The van der Waals surface area contributed by atoms with Crippen molar-refractivity contribution in [3.05, 3.63) is 6.42 Å². The average Bonchev–Trinajstić information content (AvgIpc) is 2.79. The first-order valence-corrected chi connectivity index (χ1v) is 15.8. The smallest absolute Gasteiger partial charge is 0.355 e. The fraction of sp³-hybridized carbons (Fsp3) is 0.826. The van der Waals surface area contributed by atoms with Crippen molar-refractivity contribution in [3.63, 3.8) is 0 Å². The third-order valence-electron chi connectivity index (χ3n) is 5.08. The topological polar surface area (TPSA) is 148 Å². The molecule has 13 heteroatoms. The lowest BCUT2D eigenvalue weighted by atomic mass is 9.90. The highest BCUT2D eigenvalue weighted by atomic mass is 32.2. The summed E-state index contributed by atoms with van der Waals surface area (Å²) >= 11 is 1.24. The van der Waals surface area contributed by atoms with E-state index in [1.165, 1.54) is 63.1 Å². The number of phosphoric acid groups is 1. The van der Waals surface area contributed by atoms with Crippen molar-refractivity contribution >= 4 is 45.2 Å². The zero-order chi connectivity index (χ0) is 27.3. The number of hydrogen-bond acceptors (Lipinski definition) is 8.